The summed E-state index contributed by atoms with van der Waals surface area (Å²) in [7, 11) is 1.47. The summed E-state index contributed by atoms with van der Waals surface area (Å²) in [6, 6.07) is 14.5. The van der Waals surface area contributed by atoms with E-state index in [1.54, 1.807) is 30.0 Å². The molecule has 0 unspecified atom stereocenters. The maximum absolute atomic E-state index is 12.6. The van der Waals surface area contributed by atoms with E-state index in [1.807, 2.05) is 24.3 Å². The quantitative estimate of drug-likeness (QED) is 0.340. The van der Waals surface area contributed by atoms with Crippen LogP contribution in [-0.4, -0.2) is 29.0 Å². The molecule has 9 heteroatoms. The predicted molar refractivity (Wildman–Crippen MR) is 117 cm³/mol. The molecule has 2 heterocycles. The minimum absolute atomic E-state index is 0.0942. The minimum atomic E-state index is -0.792. The van der Waals surface area contributed by atoms with E-state index < -0.39 is 11.5 Å². The van der Waals surface area contributed by atoms with Crippen LogP contribution >= 0.6 is 11.8 Å². The SMILES string of the molecule is CCSc1ccc(Cc2nnc(NC(=O)c3cc4cccc(OC)c4oc3=O)o2)cc1. The zero-order valence-corrected chi connectivity index (χ0v) is 17.7. The van der Waals surface area contributed by atoms with Gasteiger partial charge in [0.15, 0.2) is 11.3 Å². The standard InChI is InChI=1S/C22H19N3O5S/c1-3-31-15-9-7-13(8-10-15)11-18-24-25-22(29-18)23-20(26)16-12-14-5-4-6-17(28-2)19(14)30-21(16)27/h4-10,12H,3,11H2,1-2H3,(H,23,25,26). The molecule has 0 aliphatic heterocycles. The van der Waals surface area contributed by atoms with Crippen molar-refractivity contribution in [3.05, 3.63) is 76.0 Å². The van der Waals surface area contributed by atoms with E-state index in [4.69, 9.17) is 13.6 Å². The molecule has 4 rings (SSSR count). The highest BCUT2D eigenvalue weighted by molar-refractivity contribution is 7.99. The van der Waals surface area contributed by atoms with Crippen LogP contribution < -0.4 is 15.7 Å². The number of aromatic nitrogens is 2. The van der Waals surface area contributed by atoms with E-state index in [-0.39, 0.29) is 17.2 Å². The van der Waals surface area contributed by atoms with Crippen LogP contribution in [0.3, 0.4) is 0 Å². The lowest BCUT2D eigenvalue weighted by molar-refractivity contribution is 0.102. The first-order valence-electron chi connectivity index (χ1n) is 9.53. The summed E-state index contributed by atoms with van der Waals surface area (Å²) in [4.78, 5) is 26.1. The van der Waals surface area contributed by atoms with Gasteiger partial charge in [-0.1, -0.05) is 36.3 Å². The van der Waals surface area contributed by atoms with Gasteiger partial charge in [0.05, 0.1) is 13.5 Å². The summed E-state index contributed by atoms with van der Waals surface area (Å²) in [5.74, 6) is 1.07. The lowest BCUT2D eigenvalue weighted by Crippen LogP contribution is -2.20. The number of carbonyl (C=O) groups is 1. The second-order valence-corrected chi connectivity index (χ2v) is 7.87. The second-order valence-electron chi connectivity index (χ2n) is 6.53. The van der Waals surface area contributed by atoms with Gasteiger partial charge >= 0.3 is 11.6 Å². The number of carbonyl (C=O) groups excluding carboxylic acids is 1. The molecule has 0 aliphatic carbocycles. The molecule has 0 aliphatic rings. The molecular weight excluding hydrogens is 418 g/mol. The first-order valence-corrected chi connectivity index (χ1v) is 10.5. The van der Waals surface area contributed by atoms with Crippen molar-refractivity contribution in [2.75, 3.05) is 18.2 Å². The number of hydrogen-bond acceptors (Lipinski definition) is 8. The van der Waals surface area contributed by atoms with Gasteiger partial charge in [-0.05, 0) is 35.6 Å². The Balaban J connectivity index is 1.49. The molecule has 0 spiro atoms. The van der Waals surface area contributed by atoms with Gasteiger partial charge in [-0.25, -0.2) is 4.79 Å². The normalized spacial score (nSPS) is 10.9. The van der Waals surface area contributed by atoms with Crippen LogP contribution in [0.4, 0.5) is 6.01 Å². The van der Waals surface area contributed by atoms with Crippen LogP contribution in [0, 0.1) is 0 Å². The summed E-state index contributed by atoms with van der Waals surface area (Å²) >= 11 is 1.76. The first kappa shape index (κ1) is 20.7. The Morgan fingerprint density at radius 2 is 1.94 bits per heavy atom. The van der Waals surface area contributed by atoms with Gasteiger partial charge < -0.3 is 13.6 Å². The minimum Gasteiger partial charge on any atom is -0.493 e. The fourth-order valence-electron chi connectivity index (χ4n) is 3.02. The van der Waals surface area contributed by atoms with Gasteiger partial charge in [0.1, 0.15) is 5.56 Å². The number of methoxy groups -OCH3 is 1. The Hall–Kier alpha value is -3.59. The monoisotopic (exact) mass is 437 g/mol. The van der Waals surface area contributed by atoms with Crippen LogP contribution in [0.5, 0.6) is 5.75 Å². The number of fused-ring (bicyclic) bond motifs is 1. The molecule has 0 bridgehead atoms. The van der Waals surface area contributed by atoms with E-state index in [2.05, 4.69) is 22.4 Å². The molecule has 1 amide bonds. The third-order valence-corrected chi connectivity index (χ3v) is 5.36. The predicted octanol–water partition coefficient (Wildman–Crippen LogP) is 4.14. The van der Waals surface area contributed by atoms with Gasteiger partial charge in [0.2, 0.25) is 5.89 Å². The number of amides is 1. The maximum Gasteiger partial charge on any atom is 0.349 e. The molecule has 0 radical (unpaired) electrons. The number of rotatable bonds is 7. The van der Waals surface area contributed by atoms with Crippen molar-refractivity contribution in [2.24, 2.45) is 0 Å². The molecule has 4 aromatic rings. The average molecular weight is 437 g/mol. The van der Waals surface area contributed by atoms with Gasteiger partial charge in [0, 0.05) is 10.3 Å². The van der Waals surface area contributed by atoms with Crippen molar-refractivity contribution in [1.82, 2.24) is 10.2 Å². The van der Waals surface area contributed by atoms with Crippen molar-refractivity contribution in [3.8, 4) is 5.75 Å². The number of hydrogen-bond donors (Lipinski definition) is 1. The summed E-state index contributed by atoms with van der Waals surface area (Å²) in [6.07, 6.45) is 0.428. The third-order valence-electron chi connectivity index (χ3n) is 4.47. The molecule has 158 valence electrons. The Kier molecular flexibility index (Phi) is 6.03. The zero-order chi connectivity index (χ0) is 21.8. The lowest BCUT2D eigenvalue weighted by atomic mass is 10.1. The molecule has 1 N–H and O–H groups in total. The van der Waals surface area contributed by atoms with E-state index in [0.29, 0.717) is 23.4 Å². The molecule has 31 heavy (non-hydrogen) atoms. The Morgan fingerprint density at radius 1 is 1.13 bits per heavy atom. The molecule has 0 fully saturated rings. The van der Waals surface area contributed by atoms with Crippen LogP contribution in [0.1, 0.15) is 28.7 Å². The van der Waals surface area contributed by atoms with Crippen molar-refractivity contribution >= 4 is 34.7 Å². The Labute approximate surface area is 181 Å². The van der Waals surface area contributed by atoms with E-state index >= 15 is 0 Å². The lowest BCUT2D eigenvalue weighted by Gasteiger charge is -2.05. The smallest absolute Gasteiger partial charge is 0.349 e. The van der Waals surface area contributed by atoms with E-state index in [0.717, 1.165) is 11.3 Å². The van der Waals surface area contributed by atoms with Crippen molar-refractivity contribution in [3.63, 3.8) is 0 Å². The topological polar surface area (TPSA) is 107 Å². The largest absolute Gasteiger partial charge is 0.493 e. The van der Waals surface area contributed by atoms with Crippen LogP contribution in [0.2, 0.25) is 0 Å². The maximum atomic E-state index is 12.6. The number of nitrogens with zero attached hydrogens (tertiary/aromatic N) is 2. The van der Waals surface area contributed by atoms with Gasteiger partial charge in [-0.3, -0.25) is 10.1 Å². The van der Waals surface area contributed by atoms with Crippen molar-refractivity contribution in [1.29, 1.82) is 0 Å². The molecule has 2 aromatic carbocycles. The van der Waals surface area contributed by atoms with Gasteiger partial charge in [-0.2, -0.15) is 0 Å². The second kappa shape index (κ2) is 9.05. The molecule has 8 nitrogen and oxygen atoms in total. The van der Waals surface area contributed by atoms with Gasteiger partial charge in [-0.15, -0.1) is 16.9 Å². The Morgan fingerprint density at radius 3 is 2.68 bits per heavy atom. The molecular formula is C22H19N3O5S. The first-order chi connectivity index (χ1) is 15.1. The van der Waals surface area contributed by atoms with Crippen LogP contribution in [0.15, 0.2) is 67.1 Å². The van der Waals surface area contributed by atoms with Crippen LogP contribution in [0.25, 0.3) is 11.0 Å². The number of para-hydroxylation sites is 1. The summed E-state index contributed by atoms with van der Waals surface area (Å²) < 4.78 is 16.0. The highest BCUT2D eigenvalue weighted by Gasteiger charge is 2.18. The number of ether oxygens (including phenoxy) is 1. The molecule has 2 aromatic heterocycles. The molecule has 0 saturated heterocycles. The van der Waals surface area contributed by atoms with E-state index in [9.17, 15) is 9.59 Å². The fraction of sp³-hybridized carbons (Fsp3) is 0.182. The molecule has 0 atom stereocenters. The Bertz CT molecular complexity index is 1280. The molecule has 0 saturated carbocycles. The highest BCUT2D eigenvalue weighted by atomic mass is 32.2. The van der Waals surface area contributed by atoms with Crippen molar-refractivity contribution < 1.29 is 18.4 Å². The third kappa shape index (κ3) is 4.61. The van der Waals surface area contributed by atoms with Crippen molar-refractivity contribution in [2.45, 2.75) is 18.2 Å². The fourth-order valence-corrected chi connectivity index (χ4v) is 3.68. The highest BCUT2D eigenvalue weighted by Crippen LogP contribution is 2.25. The van der Waals surface area contributed by atoms with Gasteiger partial charge in [0.25, 0.3) is 5.91 Å². The van der Waals surface area contributed by atoms with Crippen LogP contribution in [-0.2, 0) is 6.42 Å². The van der Waals surface area contributed by atoms with E-state index in [1.165, 1.54) is 18.1 Å². The number of nitrogens with one attached hydrogen (secondary N) is 1. The zero-order valence-electron chi connectivity index (χ0n) is 16.9. The summed E-state index contributed by atoms with van der Waals surface area (Å²) in [6.45, 7) is 2.10. The average Bonchev–Trinajstić information content (AvgIpc) is 3.21. The summed E-state index contributed by atoms with van der Waals surface area (Å²) in [5, 5.41) is 10.8. The summed E-state index contributed by atoms with van der Waals surface area (Å²) in [5.41, 5.74) is 0.310. The number of thioether (sulfide) groups is 1. The number of benzene rings is 2. The number of anilines is 1.